The first-order valence-electron chi connectivity index (χ1n) is 4.21. The highest BCUT2D eigenvalue weighted by Crippen LogP contribution is 2.69. The van der Waals surface area contributed by atoms with Gasteiger partial charge in [0.2, 0.25) is 0 Å². The van der Waals surface area contributed by atoms with Gasteiger partial charge in [-0.05, 0) is 0 Å². The summed E-state index contributed by atoms with van der Waals surface area (Å²) in [7, 11) is 0. The Kier molecular flexibility index (Phi) is 4.10. The summed E-state index contributed by atoms with van der Waals surface area (Å²) in [6.07, 6.45) is -23.3. The minimum Gasteiger partial charge on any atom is -0.200 e. The van der Waals surface area contributed by atoms with Crippen LogP contribution in [0.15, 0.2) is 0 Å². The molecule has 0 bridgehead atoms. The summed E-state index contributed by atoms with van der Waals surface area (Å²) in [5, 5.41) is 0. The molecule has 0 aromatic heterocycles. The molecule has 122 valence electrons. The Hall–Kier alpha value is -0.910. The molecule has 0 N–H and O–H groups in total. The van der Waals surface area contributed by atoms with Gasteiger partial charge in [-0.2, -0.15) is 48.3 Å². The van der Waals surface area contributed by atoms with Crippen LogP contribution < -0.4 is 0 Å². The van der Waals surface area contributed by atoms with Gasteiger partial charge in [0.15, 0.2) is 0 Å². The third-order valence-electron chi connectivity index (χ3n) is 2.30. The second-order valence-electron chi connectivity index (χ2n) is 3.71. The van der Waals surface area contributed by atoms with E-state index in [1.54, 1.807) is 0 Å². The van der Waals surface area contributed by atoms with Gasteiger partial charge in [0, 0.05) is 6.92 Å². The van der Waals surface area contributed by atoms with Gasteiger partial charge in [-0.1, -0.05) is 0 Å². The largest absolute Gasteiger partial charge is 0.418 e. The molecule has 0 aliphatic carbocycles. The maximum atomic E-state index is 12.8. The van der Waals surface area contributed by atoms with Crippen molar-refractivity contribution in [3.8, 4) is 0 Å². The van der Waals surface area contributed by atoms with Gasteiger partial charge in [-0.25, -0.2) is 8.78 Å². The molecule has 0 aromatic carbocycles. The normalized spacial score (nSPS) is 16.5. The van der Waals surface area contributed by atoms with Gasteiger partial charge >= 0.3 is 35.8 Å². The van der Waals surface area contributed by atoms with Gasteiger partial charge in [-0.15, -0.1) is 0 Å². The van der Waals surface area contributed by atoms with Crippen LogP contribution in [0.5, 0.6) is 0 Å². The molecule has 0 aliphatic heterocycles. The average molecular weight is 334 g/mol. The molecule has 0 radical (unpaired) electrons. The molecule has 0 rings (SSSR count). The Morgan fingerprint density at radius 2 is 0.650 bits per heavy atom. The molecule has 0 spiro atoms. The van der Waals surface area contributed by atoms with Crippen LogP contribution in [0.3, 0.4) is 0 Å². The first kappa shape index (κ1) is 19.1. The van der Waals surface area contributed by atoms with Crippen molar-refractivity contribution >= 4 is 0 Å². The molecule has 0 heterocycles. The van der Waals surface area contributed by atoms with E-state index in [1.165, 1.54) is 0 Å². The Morgan fingerprint density at radius 1 is 0.450 bits per heavy atom. The van der Waals surface area contributed by atoms with E-state index in [0.29, 0.717) is 0 Å². The Morgan fingerprint density at radius 3 is 0.700 bits per heavy atom. The van der Waals surface area contributed by atoms with Crippen molar-refractivity contribution in [2.45, 2.75) is 37.3 Å². The number of hydrogen-bond donors (Lipinski definition) is 0. The van der Waals surface area contributed by atoms with Crippen LogP contribution in [0.4, 0.5) is 57.1 Å². The van der Waals surface area contributed by atoms with Crippen molar-refractivity contribution < 1.29 is 57.1 Å². The van der Waals surface area contributed by atoms with E-state index in [4.69, 9.17) is 0 Å². The average Bonchev–Trinajstić information content (AvgIpc) is 1.89. The molecular weight excluding hydrogens is 331 g/mol. The third kappa shape index (κ3) is 2.28. The van der Waals surface area contributed by atoms with Crippen LogP contribution in [0.2, 0.25) is 0 Å². The molecule has 0 aliphatic rings. The van der Waals surface area contributed by atoms with Crippen LogP contribution >= 0.6 is 0 Å². The monoisotopic (exact) mass is 334 g/mol. The molecule has 0 atom stereocenters. The molecule has 13 heteroatoms. The first-order chi connectivity index (χ1) is 8.25. The minimum absolute atomic E-state index is 1.18. The van der Waals surface area contributed by atoms with Crippen LogP contribution in [0.1, 0.15) is 6.92 Å². The van der Waals surface area contributed by atoms with Crippen LogP contribution in [-0.4, -0.2) is 30.4 Å². The van der Waals surface area contributed by atoms with Crippen molar-refractivity contribution in [2.75, 3.05) is 0 Å². The van der Waals surface area contributed by atoms with Crippen LogP contribution in [-0.2, 0) is 0 Å². The fourth-order valence-electron chi connectivity index (χ4n) is 1.35. The molecule has 0 unspecified atom stereocenters. The number of alkyl halides is 13. The summed E-state index contributed by atoms with van der Waals surface area (Å²) in [5.41, 5.74) is -7.89. The predicted octanol–water partition coefficient (Wildman–Crippen LogP) is 4.95. The zero-order valence-electron chi connectivity index (χ0n) is 8.91. The van der Waals surface area contributed by atoms with E-state index in [1.807, 2.05) is 0 Å². The molecule has 0 amide bonds. The van der Waals surface area contributed by atoms with Gasteiger partial charge in [-0.3, -0.25) is 0 Å². The lowest BCUT2D eigenvalue weighted by Gasteiger charge is -2.44. The topological polar surface area (TPSA) is 0 Å². The second kappa shape index (κ2) is 4.29. The Bertz CT molecular complexity index is 311. The lowest BCUT2D eigenvalue weighted by atomic mass is 9.75. The van der Waals surface area contributed by atoms with Crippen molar-refractivity contribution in [3.63, 3.8) is 0 Å². The smallest absolute Gasteiger partial charge is 0.200 e. The van der Waals surface area contributed by atoms with E-state index in [-0.39, 0.29) is 0 Å². The maximum Gasteiger partial charge on any atom is 0.418 e. The van der Waals surface area contributed by atoms with Crippen molar-refractivity contribution in [2.24, 2.45) is 5.41 Å². The molecule has 20 heavy (non-hydrogen) atoms. The lowest BCUT2D eigenvalue weighted by molar-refractivity contribution is -0.495. The summed E-state index contributed by atoms with van der Waals surface area (Å²) in [6, 6.07) is 0. The van der Waals surface area contributed by atoms with E-state index in [9.17, 15) is 57.1 Å². The summed E-state index contributed by atoms with van der Waals surface area (Å²) >= 11 is 0. The van der Waals surface area contributed by atoms with Crippen molar-refractivity contribution in [1.82, 2.24) is 0 Å². The van der Waals surface area contributed by atoms with E-state index in [0.717, 1.165) is 0 Å². The molecule has 0 nitrogen and oxygen atoms in total. The number of rotatable bonds is 2. The molecule has 0 fully saturated rings. The highest BCUT2D eigenvalue weighted by molar-refractivity contribution is 5.12. The Balaban J connectivity index is 6.83. The van der Waals surface area contributed by atoms with Gasteiger partial charge < -0.3 is 0 Å². The molecule has 0 saturated carbocycles. The minimum atomic E-state index is -7.89. The van der Waals surface area contributed by atoms with Gasteiger partial charge in [0.25, 0.3) is 0 Å². The van der Waals surface area contributed by atoms with Crippen LogP contribution in [0, 0.1) is 5.41 Å². The highest BCUT2D eigenvalue weighted by Gasteiger charge is 2.96. The van der Waals surface area contributed by atoms with Crippen molar-refractivity contribution in [3.05, 3.63) is 0 Å². The molecular formula is C7H3F13. The molecule has 0 saturated heterocycles. The zero-order valence-corrected chi connectivity index (χ0v) is 8.91. The van der Waals surface area contributed by atoms with E-state index in [2.05, 4.69) is 0 Å². The SMILES string of the molecule is CC(F)(F)C(F)(F)C(C(F)(F)F)(C(F)(F)F)C(F)(F)F. The summed E-state index contributed by atoms with van der Waals surface area (Å²) in [6.45, 7) is -1.18. The van der Waals surface area contributed by atoms with Crippen molar-refractivity contribution in [1.29, 1.82) is 0 Å². The second-order valence-corrected chi connectivity index (χ2v) is 3.71. The first-order valence-corrected chi connectivity index (χ1v) is 4.21. The number of hydrogen-bond acceptors (Lipinski definition) is 0. The fourth-order valence-corrected chi connectivity index (χ4v) is 1.35. The lowest BCUT2D eigenvalue weighted by Crippen LogP contribution is -2.72. The summed E-state index contributed by atoms with van der Waals surface area (Å²) < 4.78 is 160. The zero-order chi connectivity index (χ0) is 17.0. The highest BCUT2D eigenvalue weighted by atomic mass is 19.4. The van der Waals surface area contributed by atoms with Gasteiger partial charge in [0.05, 0.1) is 0 Å². The van der Waals surface area contributed by atoms with Crippen LogP contribution in [0.25, 0.3) is 0 Å². The Labute approximate surface area is 101 Å². The maximum absolute atomic E-state index is 12.8. The quantitative estimate of drug-likeness (QED) is 0.627. The van der Waals surface area contributed by atoms with E-state index < -0.39 is 42.7 Å². The predicted molar refractivity (Wildman–Crippen MR) is 36.2 cm³/mol. The summed E-state index contributed by atoms with van der Waals surface area (Å²) in [4.78, 5) is 0. The summed E-state index contributed by atoms with van der Waals surface area (Å²) in [5.74, 6) is -13.7. The number of halogens is 13. The third-order valence-corrected chi connectivity index (χ3v) is 2.30. The molecule has 0 aromatic rings. The van der Waals surface area contributed by atoms with E-state index >= 15 is 0 Å². The fraction of sp³-hybridized carbons (Fsp3) is 1.00. The van der Waals surface area contributed by atoms with Gasteiger partial charge in [0.1, 0.15) is 0 Å². The standard InChI is InChI=1S/C7H3F13/c1-2(8,9)4(10,11)3(5(12,13)14,6(15,16)17)7(18,19)20/h1H3.